The molecule has 2 N–H and O–H groups in total. The fourth-order valence-electron chi connectivity index (χ4n) is 1.80. The van der Waals surface area contributed by atoms with E-state index in [2.05, 4.69) is 15.6 Å². The Bertz CT molecular complexity index is 424. The summed E-state index contributed by atoms with van der Waals surface area (Å²) in [5, 5.41) is 6.04. The first kappa shape index (κ1) is 16.3. The van der Waals surface area contributed by atoms with Crippen LogP contribution < -0.4 is 10.6 Å². The SMILES string of the molecule is CN=C(NC)NCCCCc1ccc(C(F)(F)F)cc1. The summed E-state index contributed by atoms with van der Waals surface area (Å²) in [5.41, 5.74) is 0.330. The van der Waals surface area contributed by atoms with Crippen molar-refractivity contribution in [2.24, 2.45) is 4.99 Å². The van der Waals surface area contributed by atoms with E-state index >= 15 is 0 Å². The number of halogens is 3. The maximum absolute atomic E-state index is 12.4. The Morgan fingerprint density at radius 2 is 1.80 bits per heavy atom. The summed E-state index contributed by atoms with van der Waals surface area (Å²) >= 11 is 0. The van der Waals surface area contributed by atoms with E-state index in [1.165, 1.54) is 0 Å². The van der Waals surface area contributed by atoms with Gasteiger partial charge >= 0.3 is 6.18 Å². The molecule has 1 aromatic rings. The van der Waals surface area contributed by atoms with Gasteiger partial charge in [0.1, 0.15) is 0 Å². The monoisotopic (exact) mass is 287 g/mol. The molecule has 3 nitrogen and oxygen atoms in total. The van der Waals surface area contributed by atoms with Crippen LogP contribution in [0.3, 0.4) is 0 Å². The molecule has 0 amide bonds. The Kier molecular flexibility index (Phi) is 6.35. The predicted molar refractivity (Wildman–Crippen MR) is 74.8 cm³/mol. The van der Waals surface area contributed by atoms with E-state index in [9.17, 15) is 13.2 Å². The first-order chi connectivity index (χ1) is 9.47. The Labute approximate surface area is 117 Å². The number of nitrogens with zero attached hydrogens (tertiary/aromatic N) is 1. The van der Waals surface area contributed by atoms with Gasteiger partial charge in [0.25, 0.3) is 0 Å². The van der Waals surface area contributed by atoms with E-state index in [0.29, 0.717) is 0 Å². The number of alkyl halides is 3. The lowest BCUT2D eigenvalue weighted by molar-refractivity contribution is -0.137. The molecule has 0 atom stereocenters. The van der Waals surface area contributed by atoms with Gasteiger partial charge in [-0.1, -0.05) is 12.1 Å². The molecule has 0 unspecified atom stereocenters. The molecule has 1 rings (SSSR count). The van der Waals surface area contributed by atoms with E-state index in [1.54, 1.807) is 26.2 Å². The molecule has 0 saturated carbocycles. The summed E-state index contributed by atoms with van der Waals surface area (Å²) in [4.78, 5) is 3.98. The van der Waals surface area contributed by atoms with Gasteiger partial charge in [-0.05, 0) is 37.0 Å². The summed E-state index contributed by atoms with van der Waals surface area (Å²) in [6, 6.07) is 5.36. The third-order valence-electron chi connectivity index (χ3n) is 2.93. The fraction of sp³-hybridized carbons (Fsp3) is 0.500. The quantitative estimate of drug-likeness (QED) is 0.496. The minimum absolute atomic E-state index is 0.597. The zero-order chi connectivity index (χ0) is 15.0. The zero-order valence-electron chi connectivity index (χ0n) is 11.7. The van der Waals surface area contributed by atoms with Gasteiger partial charge in [0.05, 0.1) is 5.56 Å². The molecular weight excluding hydrogens is 267 g/mol. The molecule has 20 heavy (non-hydrogen) atoms. The highest BCUT2D eigenvalue weighted by Gasteiger charge is 2.29. The smallest absolute Gasteiger partial charge is 0.359 e. The highest BCUT2D eigenvalue weighted by atomic mass is 19.4. The third kappa shape index (κ3) is 5.50. The number of guanidine groups is 1. The molecular formula is C14H20F3N3. The number of aryl methyl sites for hydroxylation is 1. The lowest BCUT2D eigenvalue weighted by Gasteiger charge is -2.09. The van der Waals surface area contributed by atoms with Crippen LogP contribution >= 0.6 is 0 Å². The second-order valence-electron chi connectivity index (χ2n) is 4.40. The van der Waals surface area contributed by atoms with Gasteiger partial charge in [-0.15, -0.1) is 0 Å². The van der Waals surface area contributed by atoms with Gasteiger partial charge in [0.2, 0.25) is 0 Å². The molecule has 0 aromatic heterocycles. The Morgan fingerprint density at radius 3 is 2.30 bits per heavy atom. The molecule has 0 aliphatic heterocycles. The van der Waals surface area contributed by atoms with Crippen LogP contribution in [0.25, 0.3) is 0 Å². The predicted octanol–water partition coefficient (Wildman–Crippen LogP) is 2.82. The molecule has 0 spiro atoms. The average molecular weight is 287 g/mol. The number of unbranched alkanes of at least 4 members (excludes halogenated alkanes) is 1. The molecule has 0 aliphatic rings. The van der Waals surface area contributed by atoms with Crippen LogP contribution in [0.2, 0.25) is 0 Å². The molecule has 0 heterocycles. The Balaban J connectivity index is 2.29. The lowest BCUT2D eigenvalue weighted by Crippen LogP contribution is -2.35. The number of nitrogens with one attached hydrogen (secondary N) is 2. The van der Waals surface area contributed by atoms with Gasteiger partial charge in [-0.25, -0.2) is 0 Å². The number of benzene rings is 1. The maximum atomic E-state index is 12.4. The van der Waals surface area contributed by atoms with Crippen molar-refractivity contribution in [1.82, 2.24) is 10.6 Å². The van der Waals surface area contributed by atoms with Crippen molar-refractivity contribution in [2.45, 2.75) is 25.4 Å². The Morgan fingerprint density at radius 1 is 1.15 bits per heavy atom. The van der Waals surface area contributed by atoms with Crippen molar-refractivity contribution < 1.29 is 13.2 Å². The number of hydrogen-bond acceptors (Lipinski definition) is 1. The highest BCUT2D eigenvalue weighted by molar-refractivity contribution is 5.79. The molecule has 0 aliphatic carbocycles. The fourth-order valence-corrected chi connectivity index (χ4v) is 1.80. The van der Waals surface area contributed by atoms with Gasteiger partial charge in [0.15, 0.2) is 5.96 Å². The largest absolute Gasteiger partial charge is 0.416 e. The second-order valence-corrected chi connectivity index (χ2v) is 4.40. The first-order valence-corrected chi connectivity index (χ1v) is 6.52. The number of hydrogen-bond donors (Lipinski definition) is 2. The van der Waals surface area contributed by atoms with E-state index in [0.717, 1.165) is 49.5 Å². The zero-order valence-corrected chi connectivity index (χ0v) is 11.7. The van der Waals surface area contributed by atoms with Crippen LogP contribution in [0, 0.1) is 0 Å². The summed E-state index contributed by atoms with van der Waals surface area (Å²) in [7, 11) is 3.48. The van der Waals surface area contributed by atoms with Gasteiger partial charge in [0, 0.05) is 20.6 Å². The van der Waals surface area contributed by atoms with Gasteiger partial charge in [-0.2, -0.15) is 13.2 Å². The van der Waals surface area contributed by atoms with Crippen molar-refractivity contribution >= 4 is 5.96 Å². The molecule has 112 valence electrons. The molecule has 0 radical (unpaired) electrons. The summed E-state index contributed by atoms with van der Waals surface area (Å²) < 4.78 is 37.2. The summed E-state index contributed by atoms with van der Waals surface area (Å²) in [5.74, 6) is 0.736. The van der Waals surface area contributed by atoms with Crippen molar-refractivity contribution in [3.05, 3.63) is 35.4 Å². The second kappa shape index (κ2) is 7.77. The average Bonchev–Trinajstić information content (AvgIpc) is 2.42. The van der Waals surface area contributed by atoms with E-state index in [4.69, 9.17) is 0 Å². The van der Waals surface area contributed by atoms with Crippen LogP contribution in [0.1, 0.15) is 24.0 Å². The van der Waals surface area contributed by atoms with Gasteiger partial charge < -0.3 is 10.6 Å². The van der Waals surface area contributed by atoms with Crippen LogP contribution in [0.15, 0.2) is 29.3 Å². The lowest BCUT2D eigenvalue weighted by atomic mass is 10.1. The minimum atomic E-state index is -4.26. The first-order valence-electron chi connectivity index (χ1n) is 6.52. The normalized spacial score (nSPS) is 12.3. The molecule has 1 aromatic carbocycles. The molecule has 0 fully saturated rings. The Hall–Kier alpha value is -1.72. The van der Waals surface area contributed by atoms with Gasteiger partial charge in [-0.3, -0.25) is 4.99 Å². The standard InChI is InChI=1S/C14H20F3N3/c1-18-13(19-2)20-10-4-3-5-11-6-8-12(9-7-11)14(15,16)17/h6-9H,3-5,10H2,1-2H3,(H2,18,19,20). The third-order valence-corrected chi connectivity index (χ3v) is 2.93. The summed E-state index contributed by atoms with van der Waals surface area (Å²) in [6.45, 7) is 0.786. The topological polar surface area (TPSA) is 36.4 Å². The molecule has 0 bridgehead atoms. The van der Waals surface area contributed by atoms with Crippen LogP contribution in [-0.4, -0.2) is 26.6 Å². The van der Waals surface area contributed by atoms with Crippen molar-refractivity contribution in [3.63, 3.8) is 0 Å². The van der Waals surface area contributed by atoms with E-state index in [-0.39, 0.29) is 0 Å². The number of aliphatic imine (C=N–C) groups is 1. The van der Waals surface area contributed by atoms with Crippen LogP contribution in [-0.2, 0) is 12.6 Å². The number of rotatable bonds is 5. The minimum Gasteiger partial charge on any atom is -0.359 e. The van der Waals surface area contributed by atoms with E-state index < -0.39 is 11.7 Å². The van der Waals surface area contributed by atoms with Crippen molar-refractivity contribution in [3.8, 4) is 0 Å². The maximum Gasteiger partial charge on any atom is 0.416 e. The van der Waals surface area contributed by atoms with Crippen molar-refractivity contribution in [1.29, 1.82) is 0 Å². The van der Waals surface area contributed by atoms with Crippen molar-refractivity contribution in [2.75, 3.05) is 20.6 Å². The van der Waals surface area contributed by atoms with Crippen LogP contribution in [0.5, 0.6) is 0 Å². The highest BCUT2D eigenvalue weighted by Crippen LogP contribution is 2.29. The molecule has 0 saturated heterocycles. The summed E-state index contributed by atoms with van der Waals surface area (Å²) in [6.07, 6.45) is -1.63. The molecule has 6 heteroatoms. The van der Waals surface area contributed by atoms with Crippen LogP contribution in [0.4, 0.5) is 13.2 Å². The van der Waals surface area contributed by atoms with E-state index in [1.807, 2.05) is 0 Å².